The van der Waals surface area contributed by atoms with E-state index >= 15 is 0 Å². The number of ketones is 3. The third kappa shape index (κ3) is 23.8. The Balaban J connectivity index is 0.000000137. The van der Waals surface area contributed by atoms with Gasteiger partial charge in [0.2, 0.25) is 0 Å². The van der Waals surface area contributed by atoms with Gasteiger partial charge in [-0.3, -0.25) is 19.3 Å². The van der Waals surface area contributed by atoms with E-state index in [1.54, 1.807) is 41.3 Å². The molecule has 0 bridgehead atoms. The van der Waals surface area contributed by atoms with Crippen molar-refractivity contribution in [3.63, 3.8) is 0 Å². The summed E-state index contributed by atoms with van der Waals surface area (Å²) in [5.74, 6) is 3.95. The lowest BCUT2D eigenvalue weighted by Crippen LogP contribution is -2.41. The van der Waals surface area contributed by atoms with Crippen molar-refractivity contribution in [1.82, 2.24) is 14.7 Å². The number of piperidine rings is 1. The van der Waals surface area contributed by atoms with E-state index in [2.05, 4.69) is 118 Å². The second kappa shape index (κ2) is 41.3. The molecule has 2 fully saturated rings. The molecule has 0 saturated carbocycles. The van der Waals surface area contributed by atoms with Gasteiger partial charge in [-0.1, -0.05) is 201 Å². The average molecular weight is 1490 g/mol. The first-order chi connectivity index (χ1) is 52.7. The van der Waals surface area contributed by atoms with Crippen LogP contribution >= 0.6 is 23.1 Å². The molecule has 1 aromatic heterocycles. The molecule has 108 heavy (non-hydrogen) atoms. The molecule has 3 N–H and O–H groups in total. The zero-order chi connectivity index (χ0) is 75.3. The molecule has 5 aliphatic rings. The highest BCUT2D eigenvalue weighted by Crippen LogP contribution is 2.38. The van der Waals surface area contributed by atoms with Crippen molar-refractivity contribution >= 4 is 46.1 Å². The monoisotopic (exact) mass is 1490 g/mol. The molecule has 2 unspecified atom stereocenters. The van der Waals surface area contributed by atoms with Gasteiger partial charge in [0.05, 0.1) is 18.1 Å². The molecule has 15 heteroatoms. The van der Waals surface area contributed by atoms with Crippen molar-refractivity contribution in [1.29, 1.82) is 0 Å². The lowest BCUT2D eigenvalue weighted by Gasteiger charge is -2.33. The Labute approximate surface area is 648 Å². The molecule has 6 heterocycles. The number of ether oxygens (including phenoxy) is 4. The van der Waals surface area contributed by atoms with Crippen LogP contribution in [-0.4, -0.2) is 121 Å². The summed E-state index contributed by atoms with van der Waals surface area (Å²) in [6, 6.07) is 74.0. The molecule has 9 aromatic carbocycles. The summed E-state index contributed by atoms with van der Waals surface area (Å²) < 4.78 is 22.7. The minimum atomic E-state index is -1.12. The summed E-state index contributed by atoms with van der Waals surface area (Å²) in [5.41, 5.74) is 11.2. The van der Waals surface area contributed by atoms with Crippen LogP contribution in [0.15, 0.2) is 240 Å². The molecule has 13 nitrogen and oxygen atoms in total. The third-order valence-electron chi connectivity index (χ3n) is 20.3. The number of Topliss-reactive ketones (excluding diaryl/α,β-unsaturated/α-hetero) is 3. The molecule has 0 amide bonds. The number of carbonyl (C=O) groups excluding carboxylic acids is 3. The summed E-state index contributed by atoms with van der Waals surface area (Å²) >= 11 is 3.43. The first kappa shape index (κ1) is 79.7. The van der Waals surface area contributed by atoms with Gasteiger partial charge in [-0.05, 0) is 203 Å². The molecular formula is C93H106N4O9S2. The van der Waals surface area contributed by atoms with Crippen LogP contribution in [0.2, 0.25) is 0 Å². The first-order valence-electron chi connectivity index (χ1n) is 38.7. The lowest BCUT2D eigenvalue weighted by atomic mass is 9.83. The molecule has 0 aliphatic carbocycles. The Morgan fingerprint density at radius 2 is 1.25 bits per heavy atom. The van der Waals surface area contributed by atoms with Crippen LogP contribution in [0.4, 0.5) is 5.69 Å². The van der Waals surface area contributed by atoms with Crippen LogP contribution in [-0.2, 0) is 31.6 Å². The van der Waals surface area contributed by atoms with Gasteiger partial charge in [0, 0.05) is 83.6 Å². The number of rotatable bonds is 21. The van der Waals surface area contributed by atoms with Gasteiger partial charge in [-0.25, -0.2) is 0 Å². The predicted molar refractivity (Wildman–Crippen MR) is 438 cm³/mol. The van der Waals surface area contributed by atoms with Crippen molar-refractivity contribution in [3.05, 3.63) is 296 Å². The van der Waals surface area contributed by atoms with Crippen molar-refractivity contribution in [2.45, 2.75) is 133 Å². The topological polar surface area (TPSA) is 150 Å². The van der Waals surface area contributed by atoms with E-state index in [0.29, 0.717) is 75.2 Å². The van der Waals surface area contributed by atoms with Crippen LogP contribution in [0.3, 0.4) is 0 Å². The highest BCUT2D eigenvalue weighted by Gasteiger charge is 2.38. The van der Waals surface area contributed by atoms with Gasteiger partial charge in [0.25, 0.3) is 0 Å². The molecule has 0 radical (unpaired) electrons. The average Bonchev–Trinajstić information content (AvgIpc) is 1.49. The van der Waals surface area contributed by atoms with E-state index < -0.39 is 5.60 Å². The van der Waals surface area contributed by atoms with E-state index in [1.165, 1.54) is 84.5 Å². The number of phenols is 1. The number of nitrogens with zero attached hydrogens (tertiary/aromatic N) is 3. The SMILES string of the molecule is CCCc1ccccc1Sc1ccc(C)c(O)c1.Cc1ccc(NCc2ccc(OCc3cccs3)cc2)cc1.Cc1ccc2c(c1)C(=O)C(CN1CCCCC1)CO2.O=C(CCN1CCCCCC1)c1ccccc1.O=C(CCN1CCc2ccccc2C(O)(c2ccccc2)C1)c1ccc2c(c1)OCCO2. The molecule has 564 valence electrons. The lowest BCUT2D eigenvalue weighted by molar-refractivity contribution is 0.0401. The van der Waals surface area contributed by atoms with E-state index in [0.717, 1.165) is 120 Å². The summed E-state index contributed by atoms with van der Waals surface area (Å²) in [6.45, 7) is 19.4. The van der Waals surface area contributed by atoms with Gasteiger partial charge in [0.1, 0.15) is 42.7 Å². The Bertz CT molecular complexity index is 4430. The fourth-order valence-corrected chi connectivity index (χ4v) is 15.7. The molecule has 2 atom stereocenters. The number of phenolic OH excluding ortho intramolecular Hbond substituents is 1. The minimum Gasteiger partial charge on any atom is -0.508 e. The molecule has 10 aromatic rings. The van der Waals surface area contributed by atoms with Crippen molar-refractivity contribution < 1.29 is 43.5 Å². The van der Waals surface area contributed by atoms with Crippen LogP contribution in [0, 0.1) is 26.7 Å². The zero-order valence-corrected chi connectivity index (χ0v) is 64.9. The molecular weight excluding hydrogens is 1380 g/mol. The number of aliphatic hydroxyl groups is 1. The minimum absolute atomic E-state index is 0.00685. The quantitative estimate of drug-likeness (QED) is 0.0586. The number of anilines is 1. The maximum absolute atomic E-state index is 12.9. The Hall–Kier alpha value is -9.32. The zero-order valence-electron chi connectivity index (χ0n) is 63.3. The second-order valence-electron chi connectivity index (χ2n) is 28.6. The van der Waals surface area contributed by atoms with Crippen LogP contribution in [0.1, 0.15) is 152 Å². The maximum atomic E-state index is 12.9. The van der Waals surface area contributed by atoms with Crippen molar-refractivity contribution in [3.8, 4) is 28.7 Å². The number of β-amino-alcohol motifs (C(OH)–C–C–N with tert-alkyl or cyclic N) is 1. The van der Waals surface area contributed by atoms with Gasteiger partial charge >= 0.3 is 0 Å². The first-order valence-corrected chi connectivity index (χ1v) is 40.4. The molecule has 2 saturated heterocycles. The summed E-state index contributed by atoms with van der Waals surface area (Å²) in [6.07, 6.45) is 13.3. The number of likely N-dealkylation sites (tertiary alicyclic amines) is 2. The van der Waals surface area contributed by atoms with Gasteiger partial charge in [-0.2, -0.15) is 0 Å². The summed E-state index contributed by atoms with van der Waals surface area (Å²) in [7, 11) is 0. The van der Waals surface area contributed by atoms with Gasteiger partial charge in [-0.15, -0.1) is 11.3 Å². The maximum Gasteiger partial charge on any atom is 0.174 e. The van der Waals surface area contributed by atoms with E-state index in [9.17, 15) is 24.6 Å². The highest BCUT2D eigenvalue weighted by molar-refractivity contribution is 7.99. The van der Waals surface area contributed by atoms with Crippen molar-refractivity contribution in [2.24, 2.45) is 5.92 Å². The van der Waals surface area contributed by atoms with Gasteiger partial charge in [0.15, 0.2) is 28.8 Å². The standard InChI is InChI=1S/C27H27NO4.C19H19NOS.C16H21NO2.C16H18OS.C15H21NO/c29-24(21-10-11-25-26(18-21)32-17-16-31-25)13-15-28-14-12-20-6-4-5-9-23(20)27(30,19-28)22-7-2-1-3-8-22;1-15-4-8-17(9-5-15)20-13-16-6-10-18(11-7-16)21-14-19-3-2-12-22-19;1-12-5-6-15-14(9-12)16(18)13(11-19-15)10-17-7-3-2-4-8-17;1-3-6-13-7-4-5-8-16(13)18-14-10-9-12(2)15(17)11-14;17-15(14-8-4-3-5-9-14)10-13-16-11-6-1-2-7-12-16/h1-11,18,30H,12-17,19H2;2-12,20H,13-14H2,1H3;5-6,9,13H,2-4,7-8,10-11H2,1H3;4-5,7-11,17H,3,6H2,1-2H3;3-5,8-9H,1-2,6-7,10-13H2. The van der Waals surface area contributed by atoms with E-state index in [-0.39, 0.29) is 23.3 Å². The van der Waals surface area contributed by atoms with Gasteiger partial charge < -0.3 is 44.3 Å². The highest BCUT2D eigenvalue weighted by atomic mass is 32.2. The van der Waals surface area contributed by atoms with Crippen molar-refractivity contribution in [2.75, 3.05) is 84.0 Å². The van der Waals surface area contributed by atoms with Crippen LogP contribution < -0.4 is 24.3 Å². The number of hydrogen-bond acceptors (Lipinski definition) is 15. The molecule has 0 spiro atoms. The van der Waals surface area contributed by atoms with E-state index in [1.807, 2.05) is 141 Å². The van der Waals surface area contributed by atoms with Crippen LogP contribution in [0.5, 0.6) is 28.7 Å². The Morgan fingerprint density at radius 3 is 1.97 bits per heavy atom. The summed E-state index contributed by atoms with van der Waals surface area (Å²) in [5, 5.41) is 27.1. The number of benzene rings is 9. The number of fused-ring (bicyclic) bond motifs is 3. The number of carbonyl (C=O) groups is 3. The number of hydrogen-bond donors (Lipinski definition) is 3. The normalized spacial score (nSPS) is 16.9. The number of thiophene rings is 1. The Kier molecular flexibility index (Phi) is 30.5. The number of aryl methyl sites for hydroxylation is 4. The second-order valence-corrected chi connectivity index (χ2v) is 30.8. The summed E-state index contributed by atoms with van der Waals surface area (Å²) in [4.78, 5) is 48.1. The Morgan fingerprint density at radius 1 is 0.602 bits per heavy atom. The fourth-order valence-electron chi connectivity index (χ4n) is 14.1. The largest absolute Gasteiger partial charge is 0.508 e. The number of nitrogens with one attached hydrogen (secondary N) is 1. The smallest absolute Gasteiger partial charge is 0.174 e. The van der Waals surface area contributed by atoms with Crippen LogP contribution in [0.25, 0.3) is 0 Å². The number of aromatic hydroxyl groups is 1. The van der Waals surface area contributed by atoms with E-state index in [4.69, 9.17) is 18.9 Å². The predicted octanol–water partition coefficient (Wildman–Crippen LogP) is 19.7. The molecule has 15 rings (SSSR count). The third-order valence-corrected chi connectivity index (χ3v) is 22.3. The fraction of sp³-hybridized carbons (Fsp3) is 0.344. The molecule has 5 aliphatic heterocycles.